The SMILES string of the molecule is COc1cccc(OS(=O)(=O)c2ccc(Cl)c(C(F)(F)F)c2)c1. The lowest BCUT2D eigenvalue weighted by molar-refractivity contribution is -0.137. The second kappa shape index (κ2) is 6.29. The lowest BCUT2D eigenvalue weighted by Crippen LogP contribution is -2.12. The Morgan fingerprint density at radius 2 is 1.70 bits per heavy atom. The van der Waals surface area contributed by atoms with Crippen molar-refractivity contribution in [1.29, 1.82) is 0 Å². The smallest absolute Gasteiger partial charge is 0.417 e. The summed E-state index contributed by atoms with van der Waals surface area (Å²) in [4.78, 5) is -0.656. The predicted octanol–water partition coefficient (Wildman–Crippen LogP) is 4.14. The van der Waals surface area contributed by atoms with Gasteiger partial charge in [0.05, 0.1) is 17.7 Å². The Kier molecular flexibility index (Phi) is 4.76. The van der Waals surface area contributed by atoms with Crippen molar-refractivity contribution in [2.45, 2.75) is 11.1 Å². The molecule has 9 heteroatoms. The molecule has 0 saturated heterocycles. The van der Waals surface area contributed by atoms with Gasteiger partial charge in [-0.15, -0.1) is 0 Å². The van der Waals surface area contributed by atoms with Gasteiger partial charge in [-0.1, -0.05) is 17.7 Å². The fourth-order valence-corrected chi connectivity index (χ4v) is 2.88. The van der Waals surface area contributed by atoms with Gasteiger partial charge in [0.15, 0.2) is 0 Å². The zero-order valence-electron chi connectivity index (χ0n) is 11.6. The minimum atomic E-state index is -4.78. The van der Waals surface area contributed by atoms with Crippen molar-refractivity contribution in [2.75, 3.05) is 7.11 Å². The third kappa shape index (κ3) is 4.08. The summed E-state index contributed by atoms with van der Waals surface area (Å²) in [6.45, 7) is 0. The number of halogens is 4. The van der Waals surface area contributed by atoms with Crippen LogP contribution in [0.2, 0.25) is 5.02 Å². The van der Waals surface area contributed by atoms with E-state index in [2.05, 4.69) is 0 Å². The first-order valence-electron chi connectivity index (χ1n) is 6.09. The van der Waals surface area contributed by atoms with Crippen LogP contribution in [0, 0.1) is 0 Å². The molecule has 0 spiro atoms. The Morgan fingerprint density at radius 1 is 1.04 bits per heavy atom. The van der Waals surface area contributed by atoms with Crippen LogP contribution in [0.5, 0.6) is 11.5 Å². The van der Waals surface area contributed by atoms with Crippen molar-refractivity contribution in [3.63, 3.8) is 0 Å². The molecule has 0 amide bonds. The van der Waals surface area contributed by atoms with Crippen LogP contribution in [-0.4, -0.2) is 15.5 Å². The van der Waals surface area contributed by atoms with E-state index < -0.39 is 31.8 Å². The van der Waals surface area contributed by atoms with Crippen LogP contribution >= 0.6 is 11.6 Å². The Labute approximate surface area is 135 Å². The molecular weight excluding hydrogens is 357 g/mol. The number of hydrogen-bond acceptors (Lipinski definition) is 4. The Morgan fingerprint density at radius 3 is 2.30 bits per heavy atom. The molecule has 0 aliphatic heterocycles. The first-order valence-corrected chi connectivity index (χ1v) is 7.87. The molecule has 0 aliphatic rings. The zero-order chi connectivity index (χ0) is 17.3. The highest BCUT2D eigenvalue weighted by Crippen LogP contribution is 2.36. The summed E-state index contributed by atoms with van der Waals surface area (Å²) in [5, 5.41) is -0.599. The minimum absolute atomic E-state index is 0.0899. The van der Waals surface area contributed by atoms with Gasteiger partial charge in [-0.25, -0.2) is 0 Å². The monoisotopic (exact) mass is 366 g/mol. The molecule has 0 heterocycles. The Balaban J connectivity index is 2.40. The third-order valence-corrected chi connectivity index (χ3v) is 4.35. The normalized spacial score (nSPS) is 12.0. The highest BCUT2D eigenvalue weighted by Gasteiger charge is 2.34. The van der Waals surface area contributed by atoms with Crippen molar-refractivity contribution in [1.82, 2.24) is 0 Å². The quantitative estimate of drug-likeness (QED) is 0.763. The van der Waals surface area contributed by atoms with E-state index in [1.165, 1.54) is 25.3 Å². The van der Waals surface area contributed by atoms with Gasteiger partial charge in [0.25, 0.3) is 0 Å². The maximum Gasteiger partial charge on any atom is 0.417 e. The summed E-state index contributed by atoms with van der Waals surface area (Å²) >= 11 is 5.46. The van der Waals surface area contributed by atoms with Crippen molar-refractivity contribution in [2.24, 2.45) is 0 Å². The van der Waals surface area contributed by atoms with Crippen LogP contribution in [0.25, 0.3) is 0 Å². The molecule has 23 heavy (non-hydrogen) atoms. The number of hydrogen-bond donors (Lipinski definition) is 0. The van der Waals surface area contributed by atoms with Gasteiger partial charge in [0.1, 0.15) is 16.4 Å². The lowest BCUT2D eigenvalue weighted by Gasteiger charge is -2.12. The molecule has 124 valence electrons. The van der Waals surface area contributed by atoms with Crippen molar-refractivity contribution < 1.29 is 30.5 Å². The summed E-state index contributed by atoms with van der Waals surface area (Å²) < 4.78 is 72.4. The molecular formula is C14H10ClF3O4S. The summed E-state index contributed by atoms with van der Waals surface area (Å²) in [6.07, 6.45) is -4.78. The molecule has 0 fully saturated rings. The molecule has 2 rings (SSSR count). The molecule has 4 nitrogen and oxygen atoms in total. The predicted molar refractivity (Wildman–Crippen MR) is 77.3 cm³/mol. The van der Waals surface area contributed by atoms with Crippen molar-refractivity contribution in [3.8, 4) is 11.5 Å². The molecule has 0 aliphatic carbocycles. The maximum atomic E-state index is 12.8. The van der Waals surface area contributed by atoms with E-state index >= 15 is 0 Å². The van der Waals surface area contributed by atoms with Gasteiger partial charge in [-0.3, -0.25) is 0 Å². The summed E-state index contributed by atoms with van der Waals surface area (Å²) in [6, 6.07) is 7.88. The second-order valence-corrected chi connectivity index (χ2v) is 6.31. The van der Waals surface area contributed by atoms with E-state index in [0.717, 1.165) is 12.1 Å². The molecule has 0 bridgehead atoms. The molecule has 2 aromatic rings. The van der Waals surface area contributed by atoms with Crippen molar-refractivity contribution >= 4 is 21.7 Å². The van der Waals surface area contributed by atoms with Gasteiger partial charge in [0, 0.05) is 6.07 Å². The molecule has 0 saturated carbocycles. The van der Waals surface area contributed by atoms with Gasteiger partial charge in [-0.2, -0.15) is 21.6 Å². The number of alkyl halides is 3. The molecule has 0 radical (unpaired) electrons. The first-order chi connectivity index (χ1) is 10.6. The van der Waals surface area contributed by atoms with E-state index in [1.54, 1.807) is 6.07 Å². The molecule has 2 aromatic carbocycles. The van der Waals surface area contributed by atoms with Gasteiger partial charge >= 0.3 is 16.3 Å². The molecule has 0 unspecified atom stereocenters. The van der Waals surface area contributed by atoms with E-state index in [-0.39, 0.29) is 5.75 Å². The van der Waals surface area contributed by atoms with Crippen LogP contribution in [-0.2, 0) is 16.3 Å². The minimum Gasteiger partial charge on any atom is -0.497 e. The molecule has 0 aromatic heterocycles. The maximum absolute atomic E-state index is 12.8. The van der Waals surface area contributed by atoms with E-state index in [9.17, 15) is 21.6 Å². The Bertz CT molecular complexity index is 819. The van der Waals surface area contributed by atoms with E-state index in [1.807, 2.05) is 0 Å². The standard InChI is InChI=1S/C14H10ClF3O4S/c1-21-9-3-2-4-10(7-9)22-23(19,20)11-5-6-13(15)12(8-11)14(16,17)18/h2-8H,1H3. The topological polar surface area (TPSA) is 52.6 Å². The summed E-state index contributed by atoms with van der Waals surface area (Å²) in [7, 11) is -3.07. The van der Waals surface area contributed by atoms with Gasteiger partial charge in [0.2, 0.25) is 0 Å². The fraction of sp³-hybridized carbons (Fsp3) is 0.143. The average molecular weight is 367 g/mol. The van der Waals surface area contributed by atoms with Gasteiger partial charge in [-0.05, 0) is 30.3 Å². The fourth-order valence-electron chi connectivity index (χ4n) is 1.70. The number of benzene rings is 2. The highest BCUT2D eigenvalue weighted by atomic mass is 35.5. The van der Waals surface area contributed by atoms with Crippen LogP contribution in [0.4, 0.5) is 13.2 Å². The highest BCUT2D eigenvalue weighted by molar-refractivity contribution is 7.87. The number of methoxy groups -OCH3 is 1. The molecule has 0 atom stereocenters. The van der Waals surface area contributed by atoms with E-state index in [0.29, 0.717) is 11.8 Å². The average Bonchev–Trinajstić information content (AvgIpc) is 2.46. The van der Waals surface area contributed by atoms with E-state index in [4.69, 9.17) is 20.5 Å². The number of rotatable bonds is 4. The summed E-state index contributed by atoms with van der Waals surface area (Å²) in [5.41, 5.74) is -1.26. The zero-order valence-corrected chi connectivity index (χ0v) is 13.2. The second-order valence-electron chi connectivity index (χ2n) is 4.36. The van der Waals surface area contributed by atoms with Crippen LogP contribution < -0.4 is 8.92 Å². The van der Waals surface area contributed by atoms with Crippen molar-refractivity contribution in [3.05, 3.63) is 53.1 Å². The van der Waals surface area contributed by atoms with Gasteiger partial charge < -0.3 is 8.92 Å². The molecule has 0 N–H and O–H groups in total. The van der Waals surface area contributed by atoms with Crippen LogP contribution in [0.15, 0.2) is 47.4 Å². The number of ether oxygens (including phenoxy) is 1. The largest absolute Gasteiger partial charge is 0.497 e. The first kappa shape index (κ1) is 17.4. The Hall–Kier alpha value is -1.93. The third-order valence-electron chi connectivity index (χ3n) is 2.78. The van der Waals surface area contributed by atoms with Crippen LogP contribution in [0.3, 0.4) is 0 Å². The summed E-state index contributed by atoms with van der Waals surface area (Å²) in [5.74, 6) is 0.248. The lowest BCUT2D eigenvalue weighted by atomic mass is 10.2. The van der Waals surface area contributed by atoms with Crippen LogP contribution in [0.1, 0.15) is 5.56 Å².